The van der Waals surface area contributed by atoms with Gasteiger partial charge in [-0.05, 0) is 58.1 Å². The predicted molar refractivity (Wildman–Crippen MR) is 109 cm³/mol. The predicted octanol–water partition coefficient (Wildman–Crippen LogP) is 3.04. The molecule has 27 heavy (non-hydrogen) atoms. The summed E-state index contributed by atoms with van der Waals surface area (Å²) in [4.78, 5) is 2.23. The molecule has 1 unspecified atom stereocenters. The summed E-state index contributed by atoms with van der Waals surface area (Å²) in [6.07, 6.45) is 2.14. The van der Waals surface area contributed by atoms with Crippen molar-refractivity contribution in [2.45, 2.75) is 30.7 Å². The molecule has 0 aliphatic carbocycles. The third kappa shape index (κ3) is 3.52. The topological polar surface area (TPSA) is 62.5 Å². The first-order valence-corrected chi connectivity index (χ1v) is 10.3. The minimum atomic E-state index is -3.70. The molecule has 2 aromatic carbocycles. The molecular weight excluding hydrogens is 360 g/mol. The summed E-state index contributed by atoms with van der Waals surface area (Å²) < 4.78 is 27.8. The Bertz CT molecular complexity index is 1050. The Morgan fingerprint density at radius 3 is 2.33 bits per heavy atom. The van der Waals surface area contributed by atoms with E-state index in [2.05, 4.69) is 0 Å². The maximum absolute atomic E-state index is 13.2. The molecule has 6 heteroatoms. The van der Waals surface area contributed by atoms with E-state index >= 15 is 0 Å². The largest absolute Gasteiger partial charge is 0.394 e. The Balaban J connectivity index is 2.17. The van der Waals surface area contributed by atoms with Crippen LogP contribution in [0.4, 0.5) is 0 Å². The number of aromatic nitrogens is 1. The van der Waals surface area contributed by atoms with E-state index < -0.39 is 15.6 Å². The molecule has 0 radical (unpaired) electrons. The first-order chi connectivity index (χ1) is 12.7. The Morgan fingerprint density at radius 1 is 1.07 bits per heavy atom. The molecule has 0 spiro atoms. The van der Waals surface area contributed by atoms with Crippen molar-refractivity contribution in [3.05, 3.63) is 65.9 Å². The highest BCUT2D eigenvalue weighted by Crippen LogP contribution is 2.29. The van der Waals surface area contributed by atoms with Gasteiger partial charge in [-0.3, -0.25) is 0 Å². The molecule has 0 fully saturated rings. The van der Waals surface area contributed by atoms with Crippen molar-refractivity contribution in [3.8, 4) is 0 Å². The number of aliphatic hydroxyl groups is 1. The third-order valence-corrected chi connectivity index (χ3v) is 7.02. The minimum absolute atomic E-state index is 0.0260. The fourth-order valence-corrected chi connectivity index (χ4v) is 4.56. The number of hydrogen-bond donors (Lipinski definition) is 1. The molecule has 1 atom stereocenters. The summed E-state index contributed by atoms with van der Waals surface area (Å²) in [6, 6.07) is 14.5. The molecule has 5 nitrogen and oxygen atoms in total. The van der Waals surface area contributed by atoms with Gasteiger partial charge in [0.15, 0.2) is 0 Å². The molecule has 144 valence electrons. The van der Waals surface area contributed by atoms with Crippen molar-refractivity contribution >= 4 is 20.9 Å². The van der Waals surface area contributed by atoms with Gasteiger partial charge < -0.3 is 10.0 Å². The van der Waals surface area contributed by atoms with Crippen molar-refractivity contribution in [2.24, 2.45) is 0 Å². The molecule has 0 amide bonds. The molecule has 0 aliphatic heterocycles. The van der Waals surface area contributed by atoms with Gasteiger partial charge in [0.1, 0.15) is 0 Å². The second kappa shape index (κ2) is 7.11. The quantitative estimate of drug-likeness (QED) is 0.707. The maximum atomic E-state index is 13.2. The van der Waals surface area contributed by atoms with Crippen LogP contribution in [0.2, 0.25) is 0 Å². The number of benzene rings is 2. The minimum Gasteiger partial charge on any atom is -0.394 e. The second-order valence-corrected chi connectivity index (χ2v) is 9.33. The van der Waals surface area contributed by atoms with Gasteiger partial charge >= 0.3 is 0 Å². The van der Waals surface area contributed by atoms with Crippen LogP contribution < -0.4 is 0 Å². The van der Waals surface area contributed by atoms with Crippen molar-refractivity contribution < 1.29 is 13.5 Å². The molecule has 1 aromatic heterocycles. The smallest absolute Gasteiger partial charge is 0.268 e. The lowest BCUT2D eigenvalue weighted by molar-refractivity contribution is 0.0845. The third-order valence-electron chi connectivity index (χ3n) is 5.33. The van der Waals surface area contributed by atoms with Gasteiger partial charge in [0.05, 0.1) is 17.0 Å². The number of rotatable bonds is 6. The molecule has 0 bridgehead atoms. The molecular formula is C21H26N2O3S. The van der Waals surface area contributed by atoms with Crippen LogP contribution in [0.1, 0.15) is 18.1 Å². The van der Waals surface area contributed by atoms with E-state index in [4.69, 9.17) is 0 Å². The van der Waals surface area contributed by atoms with E-state index in [9.17, 15) is 13.5 Å². The highest BCUT2D eigenvalue weighted by atomic mass is 32.2. The van der Waals surface area contributed by atoms with Crippen LogP contribution in [0.5, 0.6) is 0 Å². The van der Waals surface area contributed by atoms with Gasteiger partial charge in [-0.2, -0.15) is 0 Å². The van der Waals surface area contributed by atoms with Gasteiger partial charge in [-0.15, -0.1) is 0 Å². The number of likely N-dealkylation sites (N-methyl/N-ethyl adjacent to an activating group) is 1. The number of para-hydroxylation sites is 1. The molecule has 3 rings (SSSR count). The summed E-state index contributed by atoms with van der Waals surface area (Å²) >= 11 is 0. The van der Waals surface area contributed by atoms with Crippen molar-refractivity contribution in [2.75, 3.05) is 20.7 Å². The van der Waals surface area contributed by atoms with E-state index in [1.807, 2.05) is 57.1 Å². The lowest BCUT2D eigenvalue weighted by Gasteiger charge is -2.35. The van der Waals surface area contributed by atoms with Crippen LogP contribution in [-0.4, -0.2) is 48.6 Å². The maximum Gasteiger partial charge on any atom is 0.268 e. The van der Waals surface area contributed by atoms with Gasteiger partial charge in [0.2, 0.25) is 0 Å². The van der Waals surface area contributed by atoms with Crippen molar-refractivity contribution in [3.63, 3.8) is 0 Å². The average Bonchev–Trinajstić information content (AvgIpc) is 3.08. The van der Waals surface area contributed by atoms with Crippen LogP contribution in [-0.2, 0) is 16.4 Å². The van der Waals surface area contributed by atoms with Crippen LogP contribution in [0.3, 0.4) is 0 Å². The highest BCUT2D eigenvalue weighted by Gasteiger charge is 2.29. The number of hydrogen-bond acceptors (Lipinski definition) is 4. The van der Waals surface area contributed by atoms with Gasteiger partial charge in [0.25, 0.3) is 10.0 Å². The van der Waals surface area contributed by atoms with Gasteiger partial charge in [-0.25, -0.2) is 12.4 Å². The Kier molecular flexibility index (Phi) is 5.16. The first kappa shape index (κ1) is 19.6. The summed E-state index contributed by atoms with van der Waals surface area (Å²) in [5.74, 6) is 0. The van der Waals surface area contributed by atoms with E-state index in [-0.39, 0.29) is 11.5 Å². The summed E-state index contributed by atoms with van der Waals surface area (Å²) in [5, 5.41) is 10.8. The molecule has 0 saturated carbocycles. The van der Waals surface area contributed by atoms with Crippen molar-refractivity contribution in [1.82, 2.24) is 8.87 Å². The average molecular weight is 387 g/mol. The standard InChI is InChI=1S/C21H26N2O3S/c1-16-8-10-19(11-9-16)27(25,26)23-13-12-17-6-5-7-18(20(17)23)14-21(2,15-24)22(3)4/h5-13,24H,14-15H2,1-4H3. The van der Waals surface area contributed by atoms with Crippen LogP contribution in [0, 0.1) is 6.92 Å². The van der Waals surface area contributed by atoms with E-state index in [1.165, 1.54) is 3.97 Å². The zero-order valence-electron chi connectivity index (χ0n) is 16.2. The zero-order valence-corrected chi connectivity index (χ0v) is 17.0. The normalized spacial score (nSPS) is 14.6. The fraction of sp³-hybridized carbons (Fsp3) is 0.333. The highest BCUT2D eigenvalue weighted by molar-refractivity contribution is 7.90. The van der Waals surface area contributed by atoms with Gasteiger partial charge in [-0.1, -0.05) is 35.9 Å². The van der Waals surface area contributed by atoms with Crippen LogP contribution in [0.15, 0.2) is 59.6 Å². The van der Waals surface area contributed by atoms with Crippen molar-refractivity contribution in [1.29, 1.82) is 0 Å². The van der Waals surface area contributed by atoms with Crippen LogP contribution in [0.25, 0.3) is 10.9 Å². The van der Waals surface area contributed by atoms with E-state index in [1.54, 1.807) is 30.5 Å². The fourth-order valence-electron chi connectivity index (χ4n) is 3.17. The van der Waals surface area contributed by atoms with E-state index in [0.29, 0.717) is 11.9 Å². The summed E-state index contributed by atoms with van der Waals surface area (Å²) in [5.41, 5.74) is 2.08. The summed E-state index contributed by atoms with van der Waals surface area (Å²) in [6.45, 7) is 3.87. The Hall–Kier alpha value is -2.15. The molecule has 3 aromatic rings. The van der Waals surface area contributed by atoms with Gasteiger partial charge in [0, 0.05) is 17.1 Å². The lowest BCUT2D eigenvalue weighted by Crippen LogP contribution is -2.46. The molecule has 0 saturated heterocycles. The Morgan fingerprint density at radius 2 is 1.74 bits per heavy atom. The SMILES string of the molecule is Cc1ccc(S(=O)(=O)n2ccc3cccc(CC(C)(CO)N(C)C)c32)cc1. The number of fused-ring (bicyclic) bond motifs is 1. The number of aryl methyl sites for hydroxylation is 1. The number of aliphatic hydroxyl groups excluding tert-OH is 1. The monoisotopic (exact) mass is 386 g/mol. The van der Waals surface area contributed by atoms with E-state index in [0.717, 1.165) is 16.5 Å². The zero-order chi connectivity index (χ0) is 19.8. The molecule has 1 heterocycles. The van der Waals surface area contributed by atoms with Crippen LogP contribution >= 0.6 is 0 Å². The lowest BCUT2D eigenvalue weighted by atomic mass is 9.91. The molecule has 0 aliphatic rings. The first-order valence-electron chi connectivity index (χ1n) is 8.88. The molecule has 1 N–H and O–H groups in total. The second-order valence-electron chi connectivity index (χ2n) is 7.51. The summed E-state index contributed by atoms with van der Waals surface area (Å²) in [7, 11) is 0.127. The Labute approximate surface area is 160 Å². The number of nitrogens with zero attached hydrogens (tertiary/aromatic N) is 2.